The second kappa shape index (κ2) is 8.42. The molecule has 5 heteroatoms. The highest BCUT2D eigenvalue weighted by atomic mass is 16.4. The number of carbonyl (C=O) groups is 2. The first-order valence-corrected chi connectivity index (χ1v) is 10.7. The molecule has 1 saturated heterocycles. The number of aryl methyl sites for hydroxylation is 3. The van der Waals surface area contributed by atoms with E-state index in [-0.39, 0.29) is 17.4 Å². The molecule has 1 unspecified atom stereocenters. The number of aromatic carboxylic acids is 1. The van der Waals surface area contributed by atoms with Gasteiger partial charge in [0.2, 0.25) is 0 Å². The summed E-state index contributed by atoms with van der Waals surface area (Å²) in [5.41, 5.74) is 6.55. The molecule has 2 aromatic carbocycles. The molecule has 160 valence electrons. The highest BCUT2D eigenvalue weighted by Gasteiger charge is 2.26. The van der Waals surface area contributed by atoms with Crippen LogP contribution in [0.25, 0.3) is 5.69 Å². The van der Waals surface area contributed by atoms with Crippen LogP contribution in [0.15, 0.2) is 54.6 Å². The van der Waals surface area contributed by atoms with Crippen molar-refractivity contribution in [3.8, 4) is 5.69 Å². The van der Waals surface area contributed by atoms with Crippen molar-refractivity contribution in [1.82, 2.24) is 9.47 Å². The van der Waals surface area contributed by atoms with E-state index in [1.807, 2.05) is 35.2 Å². The lowest BCUT2D eigenvalue weighted by Gasteiger charge is -2.33. The van der Waals surface area contributed by atoms with Gasteiger partial charge in [-0.05, 0) is 81.1 Å². The third-order valence-electron chi connectivity index (χ3n) is 6.31. The molecule has 0 spiro atoms. The fraction of sp³-hybridized carbons (Fsp3) is 0.308. The molecule has 1 aromatic heterocycles. The largest absolute Gasteiger partial charge is 0.478 e. The number of carboxylic acid groups (broad SMARTS) is 1. The fourth-order valence-electron chi connectivity index (χ4n) is 4.55. The van der Waals surface area contributed by atoms with Crippen molar-refractivity contribution < 1.29 is 14.7 Å². The number of carboxylic acids is 1. The van der Waals surface area contributed by atoms with E-state index >= 15 is 0 Å². The van der Waals surface area contributed by atoms with E-state index in [9.17, 15) is 9.59 Å². The smallest absolute Gasteiger partial charge is 0.335 e. The summed E-state index contributed by atoms with van der Waals surface area (Å²) in [4.78, 5) is 26.4. The summed E-state index contributed by atoms with van der Waals surface area (Å²) >= 11 is 0. The third-order valence-corrected chi connectivity index (χ3v) is 6.31. The molecule has 0 saturated carbocycles. The van der Waals surface area contributed by atoms with Crippen molar-refractivity contribution in [2.45, 2.75) is 39.5 Å². The topological polar surface area (TPSA) is 62.5 Å². The predicted octanol–water partition coefficient (Wildman–Crippen LogP) is 5.12. The van der Waals surface area contributed by atoms with Gasteiger partial charge in [0.15, 0.2) is 0 Å². The minimum absolute atomic E-state index is 0.0515. The van der Waals surface area contributed by atoms with Crippen LogP contribution in [-0.4, -0.2) is 39.5 Å². The Kier molecular flexibility index (Phi) is 5.68. The van der Waals surface area contributed by atoms with Gasteiger partial charge < -0.3 is 14.6 Å². The van der Waals surface area contributed by atoms with E-state index in [0.29, 0.717) is 12.1 Å². The van der Waals surface area contributed by atoms with Crippen LogP contribution < -0.4 is 0 Å². The van der Waals surface area contributed by atoms with Crippen LogP contribution >= 0.6 is 0 Å². The zero-order valence-corrected chi connectivity index (χ0v) is 18.3. The summed E-state index contributed by atoms with van der Waals surface area (Å²) < 4.78 is 2.19. The Balaban J connectivity index is 1.57. The van der Waals surface area contributed by atoms with Gasteiger partial charge in [-0.2, -0.15) is 0 Å². The Hall–Kier alpha value is -3.34. The maximum absolute atomic E-state index is 13.4. The van der Waals surface area contributed by atoms with Crippen molar-refractivity contribution >= 4 is 11.9 Å². The van der Waals surface area contributed by atoms with Gasteiger partial charge in [-0.1, -0.05) is 18.2 Å². The van der Waals surface area contributed by atoms with Crippen LogP contribution in [0.4, 0.5) is 0 Å². The van der Waals surface area contributed by atoms with Gasteiger partial charge in [-0.15, -0.1) is 0 Å². The molecular weight excluding hydrogens is 388 g/mol. The van der Waals surface area contributed by atoms with Crippen molar-refractivity contribution in [2.75, 3.05) is 13.1 Å². The Morgan fingerprint density at radius 1 is 0.903 bits per heavy atom. The summed E-state index contributed by atoms with van der Waals surface area (Å²) in [6.45, 7) is 7.61. The molecule has 4 rings (SSSR count). The Labute approximate surface area is 182 Å². The van der Waals surface area contributed by atoms with E-state index in [1.54, 1.807) is 12.1 Å². The third kappa shape index (κ3) is 4.13. The van der Waals surface area contributed by atoms with Gasteiger partial charge in [0.25, 0.3) is 5.91 Å². The van der Waals surface area contributed by atoms with Crippen molar-refractivity contribution in [3.05, 3.63) is 88.2 Å². The summed E-state index contributed by atoms with van der Waals surface area (Å²) in [6.07, 6.45) is 1.93. The van der Waals surface area contributed by atoms with Crippen molar-refractivity contribution in [3.63, 3.8) is 0 Å². The molecule has 1 N–H and O–H groups in total. The minimum atomic E-state index is -0.921. The number of carbonyl (C=O) groups excluding carboxylic acids is 1. The van der Waals surface area contributed by atoms with Gasteiger partial charge in [0, 0.05) is 41.6 Å². The van der Waals surface area contributed by atoms with Crippen LogP contribution in [0.5, 0.6) is 0 Å². The predicted molar refractivity (Wildman–Crippen MR) is 121 cm³/mol. The second-order valence-corrected chi connectivity index (χ2v) is 8.47. The molecule has 1 fully saturated rings. The molecule has 2 heterocycles. The molecule has 1 amide bonds. The Morgan fingerprint density at radius 2 is 1.55 bits per heavy atom. The number of amides is 1. The van der Waals surface area contributed by atoms with E-state index in [4.69, 9.17) is 5.11 Å². The normalized spacial score (nSPS) is 16.4. The summed E-state index contributed by atoms with van der Waals surface area (Å²) in [5, 5.41) is 9.12. The standard InChI is InChI=1S/C26H28N2O3/c1-17-6-9-22(15-24(17)28-18(2)7-8-19(28)3)25(29)27-14-4-5-23(16-27)20-10-12-21(13-11-20)26(30)31/h6-13,15,23H,4-5,14,16H2,1-3H3,(H,30,31). The lowest BCUT2D eigenvalue weighted by molar-refractivity contribution is 0.0693. The van der Waals surface area contributed by atoms with Gasteiger partial charge in [0.1, 0.15) is 0 Å². The highest BCUT2D eigenvalue weighted by molar-refractivity contribution is 5.95. The van der Waals surface area contributed by atoms with Gasteiger partial charge >= 0.3 is 5.97 Å². The van der Waals surface area contributed by atoms with Gasteiger partial charge in [-0.3, -0.25) is 4.79 Å². The van der Waals surface area contributed by atoms with E-state index in [1.165, 1.54) is 0 Å². The monoisotopic (exact) mass is 416 g/mol. The molecule has 0 aliphatic carbocycles. The van der Waals surface area contributed by atoms with Crippen LogP contribution in [0, 0.1) is 20.8 Å². The molecule has 1 aliphatic heterocycles. The Bertz CT molecular complexity index is 1110. The summed E-state index contributed by atoms with van der Waals surface area (Å²) in [6, 6.07) is 17.2. The lowest BCUT2D eigenvalue weighted by Crippen LogP contribution is -2.39. The number of rotatable bonds is 4. The molecule has 1 aliphatic rings. The summed E-state index contributed by atoms with van der Waals surface area (Å²) in [7, 11) is 0. The molecule has 0 bridgehead atoms. The van der Waals surface area contributed by atoms with E-state index in [2.05, 4.69) is 37.5 Å². The zero-order chi connectivity index (χ0) is 22.1. The molecular formula is C26H28N2O3. The first-order valence-electron chi connectivity index (χ1n) is 10.7. The highest BCUT2D eigenvalue weighted by Crippen LogP contribution is 2.29. The van der Waals surface area contributed by atoms with Crippen LogP contribution in [0.3, 0.4) is 0 Å². The molecule has 3 aromatic rings. The number of benzene rings is 2. The molecule has 0 radical (unpaired) electrons. The average Bonchev–Trinajstić information content (AvgIpc) is 3.11. The number of aromatic nitrogens is 1. The van der Waals surface area contributed by atoms with Gasteiger partial charge in [-0.25, -0.2) is 4.79 Å². The molecule has 1 atom stereocenters. The lowest BCUT2D eigenvalue weighted by atomic mass is 9.89. The number of hydrogen-bond acceptors (Lipinski definition) is 2. The van der Waals surface area contributed by atoms with Crippen LogP contribution in [-0.2, 0) is 0 Å². The minimum Gasteiger partial charge on any atom is -0.478 e. The maximum Gasteiger partial charge on any atom is 0.335 e. The number of piperidine rings is 1. The van der Waals surface area contributed by atoms with E-state index < -0.39 is 5.97 Å². The van der Waals surface area contributed by atoms with Crippen LogP contribution in [0.1, 0.15) is 62.0 Å². The zero-order valence-electron chi connectivity index (χ0n) is 18.3. The Morgan fingerprint density at radius 3 is 2.19 bits per heavy atom. The fourth-order valence-corrected chi connectivity index (χ4v) is 4.55. The van der Waals surface area contributed by atoms with Crippen molar-refractivity contribution in [2.24, 2.45) is 0 Å². The molecule has 5 nitrogen and oxygen atoms in total. The van der Waals surface area contributed by atoms with E-state index in [0.717, 1.165) is 47.6 Å². The van der Waals surface area contributed by atoms with Crippen LogP contribution in [0.2, 0.25) is 0 Å². The first kappa shape index (κ1) is 20.9. The number of nitrogens with zero attached hydrogens (tertiary/aromatic N) is 2. The number of likely N-dealkylation sites (tertiary alicyclic amines) is 1. The van der Waals surface area contributed by atoms with Crippen molar-refractivity contribution in [1.29, 1.82) is 0 Å². The van der Waals surface area contributed by atoms with Gasteiger partial charge in [0.05, 0.1) is 5.56 Å². The quantitative estimate of drug-likeness (QED) is 0.642. The second-order valence-electron chi connectivity index (χ2n) is 8.47. The molecule has 31 heavy (non-hydrogen) atoms. The summed E-state index contributed by atoms with van der Waals surface area (Å²) in [5.74, 6) is -0.648. The number of hydrogen-bond donors (Lipinski definition) is 1. The maximum atomic E-state index is 13.4. The average molecular weight is 417 g/mol. The SMILES string of the molecule is Cc1ccc(C(=O)N2CCCC(c3ccc(C(=O)O)cc3)C2)cc1-n1c(C)ccc1C. The first-order chi connectivity index (χ1) is 14.8.